The van der Waals surface area contributed by atoms with Crippen LogP contribution in [0, 0.1) is 5.92 Å². The van der Waals surface area contributed by atoms with Crippen LogP contribution in [-0.4, -0.2) is 35.3 Å². The molecule has 1 heterocycles. The predicted octanol–water partition coefficient (Wildman–Crippen LogP) is 2.24. The lowest BCUT2D eigenvalue weighted by molar-refractivity contribution is -0.117. The van der Waals surface area contributed by atoms with Crippen molar-refractivity contribution in [2.24, 2.45) is 5.92 Å². The summed E-state index contributed by atoms with van der Waals surface area (Å²) in [5.74, 6) is -1.29. The summed E-state index contributed by atoms with van der Waals surface area (Å²) < 4.78 is 5.35. The molecule has 114 valence electrons. The van der Waals surface area contributed by atoms with E-state index in [1.165, 1.54) is 12.1 Å². The minimum atomic E-state index is -1.19. The van der Waals surface area contributed by atoms with Crippen molar-refractivity contribution in [3.05, 3.63) is 23.8 Å². The summed E-state index contributed by atoms with van der Waals surface area (Å²) >= 11 is 0. The van der Waals surface area contributed by atoms with Gasteiger partial charge in [-0.15, -0.1) is 0 Å². The van der Waals surface area contributed by atoms with Gasteiger partial charge in [0.05, 0.1) is 11.3 Å². The average Bonchev–Trinajstić information content (AvgIpc) is 2.69. The highest BCUT2D eigenvalue weighted by atomic mass is 16.5. The first-order valence-corrected chi connectivity index (χ1v) is 7.00. The number of nitrogens with one attached hydrogen (secondary N) is 1. The van der Waals surface area contributed by atoms with Gasteiger partial charge in [0.2, 0.25) is 5.91 Å². The average molecular weight is 293 g/mol. The summed E-state index contributed by atoms with van der Waals surface area (Å²) in [6.07, 6.45) is 3.07. The van der Waals surface area contributed by atoms with Crippen molar-refractivity contribution in [3.8, 4) is 5.75 Å². The van der Waals surface area contributed by atoms with Gasteiger partial charge >= 0.3 is 5.97 Å². The van der Waals surface area contributed by atoms with Gasteiger partial charge in [0.25, 0.3) is 0 Å². The number of anilines is 1. The molecule has 0 radical (unpaired) electrons. The van der Waals surface area contributed by atoms with Crippen LogP contribution >= 0.6 is 0 Å². The van der Waals surface area contributed by atoms with Crippen LogP contribution in [0.2, 0.25) is 0 Å². The summed E-state index contributed by atoms with van der Waals surface area (Å²) in [5.41, 5.74) is 0.0859. The van der Waals surface area contributed by atoms with Crippen LogP contribution in [0.25, 0.3) is 0 Å². The first kappa shape index (κ1) is 15.3. The number of aromatic carboxylic acids is 1. The Bertz CT molecular complexity index is 521. The maximum atomic E-state index is 12.0. The smallest absolute Gasteiger partial charge is 0.337 e. The number of benzene rings is 1. The lowest BCUT2D eigenvalue weighted by atomic mass is 9.96. The fraction of sp³-hybridized carbons (Fsp3) is 0.467. The van der Waals surface area contributed by atoms with Gasteiger partial charge in [0.15, 0.2) is 0 Å². The molecule has 1 saturated heterocycles. The number of ether oxygens (including phenoxy) is 1. The standard InChI is InChI=1S/C15H19NO5/c17-11-3-4-13(12(9-11)15(19)20)16-14(18)8-10-2-1-6-21-7-5-10/h3-4,9-10,17H,1-2,5-8H2,(H,16,18)(H,19,20). The van der Waals surface area contributed by atoms with Crippen molar-refractivity contribution < 1.29 is 24.5 Å². The van der Waals surface area contributed by atoms with E-state index in [4.69, 9.17) is 9.84 Å². The Morgan fingerprint density at radius 1 is 1.29 bits per heavy atom. The van der Waals surface area contributed by atoms with Crippen molar-refractivity contribution in [1.29, 1.82) is 0 Å². The van der Waals surface area contributed by atoms with E-state index in [9.17, 15) is 14.7 Å². The highest BCUT2D eigenvalue weighted by Crippen LogP contribution is 2.23. The normalized spacial score (nSPS) is 18.8. The molecule has 1 amide bonds. The fourth-order valence-corrected chi connectivity index (χ4v) is 2.46. The molecule has 0 saturated carbocycles. The molecule has 1 aliphatic rings. The highest BCUT2D eigenvalue weighted by Gasteiger charge is 2.18. The van der Waals surface area contributed by atoms with Crippen LogP contribution in [0.3, 0.4) is 0 Å². The maximum Gasteiger partial charge on any atom is 0.337 e. The molecule has 0 spiro atoms. The SMILES string of the molecule is O=C(CC1CCCOCC1)Nc1ccc(O)cc1C(=O)O. The molecule has 2 rings (SSSR count). The molecule has 1 aliphatic heterocycles. The van der Waals surface area contributed by atoms with Gasteiger partial charge in [-0.05, 0) is 43.4 Å². The molecule has 3 N–H and O–H groups in total. The van der Waals surface area contributed by atoms with Crippen molar-refractivity contribution in [2.45, 2.75) is 25.7 Å². The number of aromatic hydroxyl groups is 1. The Balaban J connectivity index is 2.00. The molecule has 0 aromatic heterocycles. The number of hydrogen-bond donors (Lipinski definition) is 3. The van der Waals surface area contributed by atoms with Crippen LogP contribution in [0.15, 0.2) is 18.2 Å². The van der Waals surface area contributed by atoms with Gasteiger partial charge in [-0.1, -0.05) is 0 Å². The van der Waals surface area contributed by atoms with E-state index in [1.807, 2.05) is 0 Å². The Labute approximate surface area is 122 Å². The predicted molar refractivity (Wildman–Crippen MR) is 76.5 cm³/mol. The number of phenols is 1. The quantitative estimate of drug-likeness (QED) is 0.740. The Morgan fingerprint density at radius 2 is 2.10 bits per heavy atom. The van der Waals surface area contributed by atoms with Gasteiger partial charge in [0.1, 0.15) is 5.75 Å². The molecule has 1 unspecified atom stereocenters. The molecule has 21 heavy (non-hydrogen) atoms. The topological polar surface area (TPSA) is 95.9 Å². The molecule has 6 nitrogen and oxygen atoms in total. The van der Waals surface area contributed by atoms with E-state index in [0.29, 0.717) is 13.0 Å². The van der Waals surface area contributed by atoms with E-state index in [-0.39, 0.29) is 28.8 Å². The number of rotatable bonds is 4. The number of carboxylic acid groups (broad SMARTS) is 1. The number of carboxylic acids is 1. The van der Waals surface area contributed by atoms with Crippen molar-refractivity contribution >= 4 is 17.6 Å². The zero-order valence-electron chi connectivity index (χ0n) is 11.7. The molecule has 0 aliphatic carbocycles. The van der Waals surface area contributed by atoms with E-state index < -0.39 is 5.97 Å². The lowest BCUT2D eigenvalue weighted by Gasteiger charge is -2.14. The fourth-order valence-electron chi connectivity index (χ4n) is 2.46. The van der Waals surface area contributed by atoms with Crippen molar-refractivity contribution in [3.63, 3.8) is 0 Å². The molecular weight excluding hydrogens is 274 g/mol. The summed E-state index contributed by atoms with van der Waals surface area (Å²) in [6, 6.07) is 3.87. The number of phenolic OH excluding ortho intramolecular Hbond substituents is 1. The summed E-state index contributed by atoms with van der Waals surface area (Å²) in [4.78, 5) is 23.2. The summed E-state index contributed by atoms with van der Waals surface area (Å²) in [5, 5.41) is 21.0. The van der Waals surface area contributed by atoms with Gasteiger partial charge in [0, 0.05) is 19.6 Å². The third kappa shape index (κ3) is 4.46. The van der Waals surface area contributed by atoms with Crippen LogP contribution in [0.1, 0.15) is 36.0 Å². The Kier molecular flexibility index (Phi) is 5.16. The molecular formula is C15H19NO5. The van der Waals surface area contributed by atoms with Crippen LogP contribution in [0.4, 0.5) is 5.69 Å². The van der Waals surface area contributed by atoms with Crippen molar-refractivity contribution in [1.82, 2.24) is 0 Å². The zero-order valence-corrected chi connectivity index (χ0v) is 11.7. The molecule has 6 heteroatoms. The van der Waals surface area contributed by atoms with Gasteiger partial charge in [-0.3, -0.25) is 4.79 Å². The number of carbonyl (C=O) groups is 2. The maximum absolute atomic E-state index is 12.0. The third-order valence-electron chi connectivity index (χ3n) is 3.55. The number of amides is 1. The third-order valence-corrected chi connectivity index (χ3v) is 3.55. The van der Waals surface area contributed by atoms with E-state index in [1.54, 1.807) is 0 Å². The molecule has 1 fully saturated rings. The van der Waals surface area contributed by atoms with Crippen LogP contribution in [-0.2, 0) is 9.53 Å². The van der Waals surface area contributed by atoms with Gasteiger partial charge in [-0.25, -0.2) is 4.79 Å². The Hall–Kier alpha value is -2.08. The first-order valence-electron chi connectivity index (χ1n) is 7.00. The van der Waals surface area contributed by atoms with Crippen LogP contribution in [0.5, 0.6) is 5.75 Å². The molecule has 1 aromatic rings. The highest BCUT2D eigenvalue weighted by molar-refractivity contribution is 6.00. The summed E-state index contributed by atoms with van der Waals surface area (Å²) in [7, 11) is 0. The summed E-state index contributed by atoms with van der Waals surface area (Å²) in [6.45, 7) is 1.40. The van der Waals surface area contributed by atoms with E-state index in [2.05, 4.69) is 5.32 Å². The van der Waals surface area contributed by atoms with Crippen molar-refractivity contribution in [2.75, 3.05) is 18.5 Å². The molecule has 1 aromatic carbocycles. The largest absolute Gasteiger partial charge is 0.508 e. The van der Waals surface area contributed by atoms with Crippen LogP contribution < -0.4 is 5.32 Å². The number of hydrogen-bond acceptors (Lipinski definition) is 4. The second-order valence-corrected chi connectivity index (χ2v) is 5.20. The van der Waals surface area contributed by atoms with Gasteiger partial charge in [-0.2, -0.15) is 0 Å². The zero-order chi connectivity index (χ0) is 15.2. The minimum Gasteiger partial charge on any atom is -0.508 e. The first-order chi connectivity index (χ1) is 10.1. The molecule has 0 bridgehead atoms. The molecule has 1 atom stereocenters. The minimum absolute atomic E-state index is 0.118. The Morgan fingerprint density at radius 3 is 2.86 bits per heavy atom. The van der Waals surface area contributed by atoms with E-state index in [0.717, 1.165) is 31.9 Å². The second kappa shape index (κ2) is 7.08. The second-order valence-electron chi connectivity index (χ2n) is 5.20. The monoisotopic (exact) mass is 293 g/mol. The van der Waals surface area contributed by atoms with Gasteiger partial charge < -0.3 is 20.3 Å². The lowest BCUT2D eigenvalue weighted by Crippen LogP contribution is -2.18. The number of carbonyl (C=O) groups excluding carboxylic acids is 1. The van der Waals surface area contributed by atoms with E-state index >= 15 is 0 Å².